The van der Waals surface area contributed by atoms with Crippen molar-refractivity contribution in [3.8, 4) is 0 Å². The molecule has 1 saturated heterocycles. The molecule has 0 radical (unpaired) electrons. The third kappa shape index (κ3) is 1.27. The van der Waals surface area contributed by atoms with E-state index >= 15 is 0 Å². The molecular weight excluding hydrogens is 130 g/mol. The van der Waals surface area contributed by atoms with Crippen molar-refractivity contribution in [2.75, 3.05) is 13.1 Å². The van der Waals surface area contributed by atoms with Crippen molar-refractivity contribution in [2.45, 2.75) is 19.0 Å². The number of rotatable bonds is 0. The highest BCUT2D eigenvalue weighted by Gasteiger charge is 2.28. The third-order valence-corrected chi connectivity index (χ3v) is 1.86. The van der Waals surface area contributed by atoms with Gasteiger partial charge in [0.05, 0.1) is 0 Å². The van der Waals surface area contributed by atoms with Gasteiger partial charge in [0.15, 0.2) is 0 Å². The molecule has 4 heteroatoms. The third-order valence-electron chi connectivity index (χ3n) is 1.86. The Kier molecular flexibility index (Phi) is 1.92. The minimum absolute atomic E-state index is 0.0381. The average Bonchev–Trinajstić information content (AvgIpc) is 2.13. The summed E-state index contributed by atoms with van der Waals surface area (Å²) in [5, 5.41) is 0. The number of carbonyl (C=O) groups excluding carboxylic acids is 1. The Morgan fingerprint density at radius 2 is 1.80 bits per heavy atom. The van der Waals surface area contributed by atoms with Gasteiger partial charge >= 0.3 is 0 Å². The smallest absolute Gasteiger partial charge is 0.219 e. The zero-order valence-electron chi connectivity index (χ0n) is 6.08. The molecule has 0 bridgehead atoms. The molecule has 2 atom stereocenters. The van der Waals surface area contributed by atoms with Crippen molar-refractivity contribution < 1.29 is 4.79 Å². The lowest BCUT2D eigenvalue weighted by atomic mass is 10.2. The predicted molar refractivity (Wildman–Crippen MR) is 38.2 cm³/mol. The van der Waals surface area contributed by atoms with Gasteiger partial charge in [-0.1, -0.05) is 0 Å². The summed E-state index contributed by atoms with van der Waals surface area (Å²) < 4.78 is 0. The van der Waals surface area contributed by atoms with Gasteiger partial charge in [0.25, 0.3) is 0 Å². The van der Waals surface area contributed by atoms with Crippen LogP contribution < -0.4 is 11.5 Å². The van der Waals surface area contributed by atoms with E-state index < -0.39 is 0 Å². The minimum atomic E-state index is -0.0381. The van der Waals surface area contributed by atoms with Gasteiger partial charge < -0.3 is 16.4 Å². The molecule has 1 fully saturated rings. The first-order valence-electron chi connectivity index (χ1n) is 3.38. The molecule has 1 heterocycles. The van der Waals surface area contributed by atoms with Crippen molar-refractivity contribution in [3.05, 3.63) is 0 Å². The molecule has 0 aliphatic carbocycles. The number of carbonyl (C=O) groups is 1. The summed E-state index contributed by atoms with van der Waals surface area (Å²) in [6.45, 7) is 2.75. The number of nitrogens with two attached hydrogens (primary N) is 2. The number of hydrogen-bond acceptors (Lipinski definition) is 3. The van der Waals surface area contributed by atoms with Crippen molar-refractivity contribution in [1.82, 2.24) is 4.90 Å². The Bertz CT molecular complexity index is 138. The first-order chi connectivity index (χ1) is 4.61. The molecule has 0 spiro atoms. The van der Waals surface area contributed by atoms with Gasteiger partial charge in [-0.05, 0) is 0 Å². The summed E-state index contributed by atoms with van der Waals surface area (Å²) in [6.07, 6.45) is 0. The molecule has 4 nitrogen and oxygen atoms in total. The Hall–Kier alpha value is -0.610. The van der Waals surface area contributed by atoms with Crippen LogP contribution in [0.5, 0.6) is 0 Å². The predicted octanol–water partition coefficient (Wildman–Crippen LogP) is -1.50. The molecular formula is C6H13N3O. The Morgan fingerprint density at radius 3 is 2.00 bits per heavy atom. The van der Waals surface area contributed by atoms with Crippen LogP contribution in [0, 0.1) is 0 Å². The lowest BCUT2D eigenvalue weighted by molar-refractivity contribution is -0.127. The Balaban J connectivity index is 2.49. The molecule has 0 aromatic carbocycles. The fraction of sp³-hybridized carbons (Fsp3) is 0.833. The summed E-state index contributed by atoms with van der Waals surface area (Å²) in [6, 6.07) is -0.0761. The fourth-order valence-corrected chi connectivity index (χ4v) is 1.11. The molecule has 1 aliphatic rings. The Morgan fingerprint density at radius 1 is 1.40 bits per heavy atom. The van der Waals surface area contributed by atoms with Gasteiger partial charge in [-0.2, -0.15) is 0 Å². The van der Waals surface area contributed by atoms with Gasteiger partial charge in [0.1, 0.15) is 0 Å². The van der Waals surface area contributed by atoms with E-state index in [0.29, 0.717) is 13.1 Å². The largest absolute Gasteiger partial charge is 0.340 e. The second-order valence-electron chi connectivity index (χ2n) is 2.75. The second-order valence-corrected chi connectivity index (χ2v) is 2.75. The second kappa shape index (κ2) is 2.56. The number of likely N-dealkylation sites (tertiary alicyclic amines) is 1. The number of amides is 1. The lowest BCUT2D eigenvalue weighted by Crippen LogP contribution is -2.39. The van der Waals surface area contributed by atoms with Gasteiger partial charge in [0, 0.05) is 32.1 Å². The zero-order chi connectivity index (χ0) is 7.72. The highest BCUT2D eigenvalue weighted by atomic mass is 16.2. The molecule has 0 aromatic rings. The highest BCUT2D eigenvalue weighted by Crippen LogP contribution is 2.05. The van der Waals surface area contributed by atoms with E-state index in [1.165, 1.54) is 6.92 Å². The summed E-state index contributed by atoms with van der Waals surface area (Å²) >= 11 is 0. The quantitative estimate of drug-likeness (QED) is 0.433. The van der Waals surface area contributed by atoms with Crippen LogP contribution in [0.3, 0.4) is 0 Å². The standard InChI is InChI=1S/C6H13N3O/c1-4(10)9-2-5(7)6(8)3-9/h5-6H,2-3,7-8H2,1H3. The summed E-state index contributed by atoms with van der Waals surface area (Å²) in [5.74, 6) is 0.0587. The SMILES string of the molecule is CC(=O)N1CC(N)C(N)C1. The van der Waals surface area contributed by atoms with Crippen molar-refractivity contribution >= 4 is 5.91 Å². The first-order valence-corrected chi connectivity index (χ1v) is 3.38. The minimum Gasteiger partial charge on any atom is -0.340 e. The Labute approximate surface area is 60.2 Å². The molecule has 1 aliphatic heterocycles. The fourth-order valence-electron chi connectivity index (χ4n) is 1.11. The van der Waals surface area contributed by atoms with Gasteiger partial charge in [0.2, 0.25) is 5.91 Å². The van der Waals surface area contributed by atoms with E-state index in [0.717, 1.165) is 0 Å². The van der Waals surface area contributed by atoms with E-state index in [2.05, 4.69) is 0 Å². The summed E-state index contributed by atoms with van der Waals surface area (Å²) in [5.41, 5.74) is 11.2. The van der Waals surface area contributed by atoms with Crippen LogP contribution in [0.2, 0.25) is 0 Å². The molecule has 0 saturated carbocycles. The summed E-state index contributed by atoms with van der Waals surface area (Å²) in [4.78, 5) is 12.4. The summed E-state index contributed by atoms with van der Waals surface area (Å²) in [7, 11) is 0. The van der Waals surface area contributed by atoms with E-state index in [9.17, 15) is 4.79 Å². The average molecular weight is 143 g/mol. The highest BCUT2D eigenvalue weighted by molar-refractivity contribution is 5.73. The van der Waals surface area contributed by atoms with Crippen LogP contribution in [0.4, 0.5) is 0 Å². The van der Waals surface area contributed by atoms with Crippen LogP contribution in [0.15, 0.2) is 0 Å². The van der Waals surface area contributed by atoms with Gasteiger partial charge in [-0.25, -0.2) is 0 Å². The maximum absolute atomic E-state index is 10.8. The number of nitrogens with zero attached hydrogens (tertiary/aromatic N) is 1. The molecule has 10 heavy (non-hydrogen) atoms. The molecule has 58 valence electrons. The maximum atomic E-state index is 10.8. The topological polar surface area (TPSA) is 72.3 Å². The zero-order valence-corrected chi connectivity index (χ0v) is 6.08. The van der Waals surface area contributed by atoms with E-state index in [1.807, 2.05) is 0 Å². The van der Waals surface area contributed by atoms with Gasteiger partial charge in [-0.15, -0.1) is 0 Å². The van der Waals surface area contributed by atoms with Crippen LogP contribution in [-0.4, -0.2) is 36.0 Å². The van der Waals surface area contributed by atoms with E-state index in [1.54, 1.807) is 4.90 Å². The van der Waals surface area contributed by atoms with Crippen molar-refractivity contribution in [3.63, 3.8) is 0 Å². The normalized spacial score (nSPS) is 32.9. The molecule has 0 aromatic heterocycles. The first kappa shape index (κ1) is 7.50. The van der Waals surface area contributed by atoms with Crippen LogP contribution in [0.25, 0.3) is 0 Å². The van der Waals surface area contributed by atoms with Crippen LogP contribution in [0.1, 0.15) is 6.92 Å². The van der Waals surface area contributed by atoms with Crippen LogP contribution in [-0.2, 0) is 4.79 Å². The van der Waals surface area contributed by atoms with Crippen LogP contribution >= 0.6 is 0 Å². The van der Waals surface area contributed by atoms with E-state index in [4.69, 9.17) is 11.5 Å². The number of hydrogen-bond donors (Lipinski definition) is 2. The molecule has 1 rings (SSSR count). The van der Waals surface area contributed by atoms with Gasteiger partial charge in [-0.3, -0.25) is 4.79 Å². The molecule has 2 unspecified atom stereocenters. The molecule has 4 N–H and O–H groups in total. The monoisotopic (exact) mass is 143 g/mol. The van der Waals surface area contributed by atoms with Crippen molar-refractivity contribution in [1.29, 1.82) is 0 Å². The molecule has 1 amide bonds. The van der Waals surface area contributed by atoms with Crippen molar-refractivity contribution in [2.24, 2.45) is 11.5 Å². The lowest BCUT2D eigenvalue weighted by Gasteiger charge is -2.11. The van der Waals surface area contributed by atoms with E-state index in [-0.39, 0.29) is 18.0 Å². The maximum Gasteiger partial charge on any atom is 0.219 e.